The number of rotatable bonds is 5. The number of aromatic nitrogens is 1. The third-order valence-electron chi connectivity index (χ3n) is 2.77. The van der Waals surface area contributed by atoms with Gasteiger partial charge >= 0.3 is 0 Å². The van der Waals surface area contributed by atoms with E-state index >= 15 is 0 Å². The van der Waals surface area contributed by atoms with Gasteiger partial charge in [-0.15, -0.1) is 0 Å². The van der Waals surface area contributed by atoms with Crippen LogP contribution >= 0.6 is 22.9 Å². The van der Waals surface area contributed by atoms with Crippen LogP contribution in [-0.2, 0) is 22.1 Å². The highest BCUT2D eigenvalue weighted by molar-refractivity contribution is 7.89. The number of thiazole rings is 1. The second-order valence-electron chi connectivity index (χ2n) is 4.82. The molecule has 0 radical (unpaired) electrons. The smallest absolute Gasteiger partial charge is 0.263 e. The first-order chi connectivity index (χ1) is 10.7. The van der Waals surface area contributed by atoms with Crippen molar-refractivity contribution >= 4 is 43.8 Å². The van der Waals surface area contributed by atoms with Gasteiger partial charge in [-0.1, -0.05) is 29.0 Å². The second kappa shape index (κ2) is 6.81. The van der Waals surface area contributed by atoms with Crippen molar-refractivity contribution in [3.05, 3.63) is 45.2 Å². The van der Waals surface area contributed by atoms with E-state index in [2.05, 4.69) is 10.3 Å². The lowest BCUT2D eigenvalue weighted by Gasteiger charge is -2.07. The Kier molecular flexibility index (Phi) is 5.23. The minimum absolute atomic E-state index is 0.0636. The topological polar surface area (TPSA) is 102 Å². The molecule has 0 spiro atoms. The van der Waals surface area contributed by atoms with Crippen LogP contribution in [0.4, 0.5) is 9.52 Å². The number of carbonyl (C=O) groups excluding carboxylic acids is 1. The number of nitrogens with two attached hydrogens (primary N) is 1. The highest BCUT2D eigenvalue weighted by Gasteiger charge is 2.20. The van der Waals surface area contributed by atoms with Crippen LogP contribution in [0.15, 0.2) is 18.2 Å². The van der Waals surface area contributed by atoms with Gasteiger partial charge in [0.15, 0.2) is 15.0 Å². The van der Waals surface area contributed by atoms with Crippen LogP contribution < -0.4 is 11.1 Å². The Bertz CT molecular complexity index is 852. The van der Waals surface area contributed by atoms with Crippen LogP contribution in [0.5, 0.6) is 0 Å². The van der Waals surface area contributed by atoms with Gasteiger partial charge in [-0.2, -0.15) is 0 Å². The summed E-state index contributed by atoms with van der Waals surface area (Å²) < 4.78 is 35.7. The summed E-state index contributed by atoms with van der Waals surface area (Å²) in [5, 5.41) is 2.88. The fourth-order valence-corrected chi connectivity index (χ4v) is 3.61. The molecule has 0 unspecified atom stereocenters. The third kappa shape index (κ3) is 4.88. The summed E-state index contributed by atoms with van der Waals surface area (Å²) in [5.74, 6) is -1.37. The Morgan fingerprint density at radius 2 is 2.17 bits per heavy atom. The van der Waals surface area contributed by atoms with Crippen LogP contribution in [0.3, 0.4) is 0 Å². The Hall–Kier alpha value is -1.71. The third-order valence-corrected chi connectivity index (χ3v) is 4.85. The number of nitrogens with zero attached hydrogens (tertiary/aromatic N) is 1. The molecular weight excluding hydrogens is 365 g/mol. The number of benzene rings is 1. The molecule has 0 saturated heterocycles. The molecule has 3 N–H and O–H groups in total. The number of carbonyl (C=O) groups is 1. The van der Waals surface area contributed by atoms with E-state index in [1.54, 1.807) is 0 Å². The quantitative estimate of drug-likeness (QED) is 0.829. The van der Waals surface area contributed by atoms with Crippen molar-refractivity contribution in [3.8, 4) is 0 Å². The molecule has 0 aliphatic heterocycles. The van der Waals surface area contributed by atoms with Gasteiger partial charge in [0.25, 0.3) is 5.91 Å². The number of nitrogens with one attached hydrogen (secondary N) is 1. The lowest BCUT2D eigenvalue weighted by atomic mass is 10.2. The normalized spacial score (nSPS) is 11.4. The summed E-state index contributed by atoms with van der Waals surface area (Å²) in [5.41, 5.74) is 6.19. The molecule has 124 valence electrons. The zero-order valence-corrected chi connectivity index (χ0v) is 14.4. The zero-order valence-electron chi connectivity index (χ0n) is 12.0. The van der Waals surface area contributed by atoms with E-state index in [4.69, 9.17) is 17.3 Å². The molecule has 0 bridgehead atoms. The first kappa shape index (κ1) is 17.6. The molecule has 0 aliphatic carbocycles. The minimum Gasteiger partial charge on any atom is -0.375 e. The molecule has 2 aromatic rings. The van der Waals surface area contributed by atoms with Crippen LogP contribution in [0.1, 0.15) is 20.9 Å². The van der Waals surface area contributed by atoms with Crippen molar-refractivity contribution in [2.45, 2.75) is 12.3 Å². The molecule has 1 aromatic carbocycles. The van der Waals surface area contributed by atoms with Crippen molar-refractivity contribution in [2.75, 3.05) is 12.0 Å². The predicted molar refractivity (Wildman–Crippen MR) is 87.7 cm³/mol. The second-order valence-corrected chi connectivity index (χ2v) is 8.39. The maximum absolute atomic E-state index is 13.0. The summed E-state index contributed by atoms with van der Waals surface area (Å²) in [6, 6.07) is 3.83. The van der Waals surface area contributed by atoms with Gasteiger partial charge in [0, 0.05) is 17.8 Å². The SMILES string of the molecule is CS(=O)(=O)Cc1nc(N)sc1C(=O)NCc1ccc(F)cc1Cl. The molecule has 0 fully saturated rings. The largest absolute Gasteiger partial charge is 0.375 e. The van der Waals surface area contributed by atoms with E-state index in [0.717, 1.165) is 23.7 Å². The van der Waals surface area contributed by atoms with Gasteiger partial charge < -0.3 is 11.1 Å². The van der Waals surface area contributed by atoms with E-state index in [1.165, 1.54) is 12.1 Å². The van der Waals surface area contributed by atoms with Gasteiger partial charge in [0.2, 0.25) is 0 Å². The van der Waals surface area contributed by atoms with Crippen molar-refractivity contribution in [2.24, 2.45) is 0 Å². The Morgan fingerprint density at radius 3 is 2.78 bits per heavy atom. The first-order valence-corrected chi connectivity index (χ1v) is 9.56. The van der Waals surface area contributed by atoms with Crippen LogP contribution in [-0.4, -0.2) is 25.6 Å². The van der Waals surface area contributed by atoms with Crippen LogP contribution in [0.2, 0.25) is 5.02 Å². The van der Waals surface area contributed by atoms with Crippen LogP contribution in [0.25, 0.3) is 0 Å². The van der Waals surface area contributed by atoms with Crippen LogP contribution in [0, 0.1) is 5.82 Å². The van der Waals surface area contributed by atoms with E-state index < -0.39 is 21.6 Å². The predicted octanol–water partition coefficient (Wildman–Crippen LogP) is 1.99. The molecule has 6 nitrogen and oxygen atoms in total. The maximum atomic E-state index is 13.0. The molecule has 1 aromatic heterocycles. The molecule has 23 heavy (non-hydrogen) atoms. The molecular formula is C13H13ClFN3O3S2. The summed E-state index contributed by atoms with van der Waals surface area (Å²) in [6.45, 7) is 0.0636. The maximum Gasteiger partial charge on any atom is 0.263 e. The average molecular weight is 378 g/mol. The van der Waals surface area contributed by atoms with Crippen molar-refractivity contribution in [1.29, 1.82) is 0 Å². The fraction of sp³-hybridized carbons (Fsp3) is 0.231. The number of sulfone groups is 1. The van der Waals surface area contributed by atoms with Crippen molar-refractivity contribution < 1.29 is 17.6 Å². The Morgan fingerprint density at radius 1 is 1.48 bits per heavy atom. The molecule has 0 atom stereocenters. The van der Waals surface area contributed by atoms with E-state index in [-0.39, 0.29) is 33.0 Å². The van der Waals surface area contributed by atoms with E-state index in [0.29, 0.717) is 5.56 Å². The highest BCUT2D eigenvalue weighted by atomic mass is 35.5. The van der Waals surface area contributed by atoms with Gasteiger partial charge in [-0.25, -0.2) is 17.8 Å². The number of amides is 1. The van der Waals surface area contributed by atoms with Gasteiger partial charge in [-0.05, 0) is 17.7 Å². The molecule has 1 amide bonds. The number of anilines is 1. The average Bonchev–Trinajstić information content (AvgIpc) is 2.76. The number of hydrogen-bond acceptors (Lipinski definition) is 6. The fourth-order valence-electron chi connectivity index (χ4n) is 1.81. The molecule has 2 rings (SSSR count). The summed E-state index contributed by atoms with van der Waals surface area (Å²) >= 11 is 6.78. The Labute approximate surface area is 141 Å². The van der Waals surface area contributed by atoms with Crippen molar-refractivity contribution in [1.82, 2.24) is 10.3 Å². The molecule has 1 heterocycles. The standard InChI is InChI=1S/C13H13ClFN3O3S2/c1-23(20,21)6-10-11(22-13(16)18-10)12(19)17-5-7-2-3-8(15)4-9(7)14/h2-4H,5-6H2,1H3,(H2,16,18)(H,17,19). The number of hydrogen-bond donors (Lipinski definition) is 2. The van der Waals surface area contributed by atoms with E-state index in [9.17, 15) is 17.6 Å². The summed E-state index contributed by atoms with van der Waals surface area (Å²) in [6.07, 6.45) is 1.04. The van der Waals surface area contributed by atoms with Gasteiger partial charge in [-0.3, -0.25) is 4.79 Å². The number of nitrogen functional groups attached to an aromatic ring is 1. The zero-order chi connectivity index (χ0) is 17.2. The lowest BCUT2D eigenvalue weighted by Crippen LogP contribution is -2.23. The van der Waals surface area contributed by atoms with Gasteiger partial charge in [0.05, 0.1) is 11.4 Å². The van der Waals surface area contributed by atoms with E-state index in [1.807, 2.05) is 0 Å². The molecule has 0 aliphatic rings. The number of halogens is 2. The monoisotopic (exact) mass is 377 g/mol. The summed E-state index contributed by atoms with van der Waals surface area (Å²) in [7, 11) is -3.35. The highest BCUT2D eigenvalue weighted by Crippen LogP contribution is 2.23. The molecule has 10 heteroatoms. The van der Waals surface area contributed by atoms with Gasteiger partial charge in [0.1, 0.15) is 10.7 Å². The lowest BCUT2D eigenvalue weighted by molar-refractivity contribution is 0.0954. The Balaban J connectivity index is 2.15. The first-order valence-electron chi connectivity index (χ1n) is 6.31. The minimum atomic E-state index is -3.35. The van der Waals surface area contributed by atoms with Crippen molar-refractivity contribution in [3.63, 3.8) is 0 Å². The molecule has 0 saturated carbocycles. The summed E-state index contributed by atoms with van der Waals surface area (Å²) in [4.78, 5) is 16.2.